The number of hydrogen-bond donors (Lipinski definition) is 2. The fraction of sp³-hybridized carbons (Fsp3) is 0.214. The van der Waals surface area contributed by atoms with E-state index >= 15 is 0 Å². The number of hydrogen-bond acceptors (Lipinski definition) is 4. The summed E-state index contributed by atoms with van der Waals surface area (Å²) in [4.78, 5) is 12.1. The van der Waals surface area contributed by atoms with Crippen molar-refractivity contribution in [2.75, 3.05) is 0 Å². The average Bonchev–Trinajstić information content (AvgIpc) is 2.40. The molecule has 1 aliphatic heterocycles. The number of carbonyl (C=O) groups excluding carboxylic acids is 1. The number of amides is 1. The van der Waals surface area contributed by atoms with Crippen molar-refractivity contribution in [2.24, 2.45) is 5.92 Å². The highest BCUT2D eigenvalue weighted by Crippen LogP contribution is 2.40. The smallest absolute Gasteiger partial charge is 0.243 e. The van der Waals surface area contributed by atoms with E-state index in [0.717, 1.165) is 5.56 Å². The van der Waals surface area contributed by atoms with Gasteiger partial charge in [0.1, 0.15) is 10.9 Å². The molecule has 0 saturated carbocycles. The standard InChI is InChI=1S/C14H11N3OS/c1-14(9-5-3-2-4-6-9)10(7-15)12(18)17-13(19)11(14)8-16/h2-6,10,16H,1H3,(H,17,18,19)/t10-,14-/m1/s1. The Labute approximate surface area is 116 Å². The SMILES string of the molecule is C[C@]1(c2ccccc2)C(=C=N)C(=S)NC(=O)[C@H]1C#N. The maximum atomic E-state index is 12.0. The van der Waals surface area contributed by atoms with E-state index in [1.165, 1.54) is 0 Å². The van der Waals surface area contributed by atoms with Crippen molar-refractivity contribution in [1.29, 1.82) is 10.7 Å². The molecule has 2 atom stereocenters. The highest BCUT2D eigenvalue weighted by atomic mass is 32.1. The molecular formula is C14H11N3OS. The van der Waals surface area contributed by atoms with Crippen LogP contribution in [0.1, 0.15) is 12.5 Å². The molecule has 1 heterocycles. The predicted octanol–water partition coefficient (Wildman–Crippen LogP) is 1.72. The van der Waals surface area contributed by atoms with Gasteiger partial charge < -0.3 is 5.32 Å². The molecule has 1 aliphatic rings. The number of piperidine rings is 1. The summed E-state index contributed by atoms with van der Waals surface area (Å²) in [6.45, 7) is 1.75. The third-order valence-corrected chi connectivity index (χ3v) is 3.76. The molecule has 4 nitrogen and oxygen atoms in total. The summed E-state index contributed by atoms with van der Waals surface area (Å²) in [7, 11) is 0. The van der Waals surface area contributed by atoms with Gasteiger partial charge >= 0.3 is 0 Å². The number of nitrogens with one attached hydrogen (secondary N) is 2. The van der Waals surface area contributed by atoms with Crippen molar-refractivity contribution in [1.82, 2.24) is 5.32 Å². The lowest BCUT2D eigenvalue weighted by Crippen LogP contribution is -2.54. The lowest BCUT2D eigenvalue weighted by molar-refractivity contribution is -0.123. The number of rotatable bonds is 1. The maximum absolute atomic E-state index is 12.0. The van der Waals surface area contributed by atoms with Gasteiger partial charge in [-0.3, -0.25) is 10.2 Å². The molecule has 0 aliphatic carbocycles. The van der Waals surface area contributed by atoms with Crippen LogP contribution < -0.4 is 5.32 Å². The lowest BCUT2D eigenvalue weighted by atomic mass is 9.65. The van der Waals surface area contributed by atoms with Crippen LogP contribution in [0, 0.1) is 22.7 Å². The first-order valence-corrected chi connectivity index (χ1v) is 6.07. The van der Waals surface area contributed by atoms with Gasteiger partial charge in [0.15, 0.2) is 0 Å². The van der Waals surface area contributed by atoms with Crippen molar-refractivity contribution in [3.8, 4) is 6.07 Å². The van der Waals surface area contributed by atoms with Gasteiger partial charge in [-0.15, -0.1) is 0 Å². The topological polar surface area (TPSA) is 76.7 Å². The molecule has 19 heavy (non-hydrogen) atoms. The number of benzene rings is 1. The van der Waals surface area contributed by atoms with Gasteiger partial charge in [0.25, 0.3) is 0 Å². The van der Waals surface area contributed by atoms with E-state index in [0.29, 0.717) is 5.57 Å². The molecule has 0 aromatic heterocycles. The van der Waals surface area contributed by atoms with Crippen molar-refractivity contribution in [3.63, 3.8) is 0 Å². The summed E-state index contributed by atoms with van der Waals surface area (Å²) in [6.07, 6.45) is 0. The van der Waals surface area contributed by atoms with Crippen LogP contribution in [0.4, 0.5) is 0 Å². The van der Waals surface area contributed by atoms with Crippen molar-refractivity contribution >= 4 is 29.0 Å². The van der Waals surface area contributed by atoms with Crippen molar-refractivity contribution < 1.29 is 4.79 Å². The number of thiocarbonyl (C=S) groups is 1. The fourth-order valence-corrected chi connectivity index (χ4v) is 2.72. The van der Waals surface area contributed by atoms with E-state index in [1.807, 2.05) is 36.4 Å². The van der Waals surface area contributed by atoms with Crippen LogP contribution >= 0.6 is 12.2 Å². The minimum Gasteiger partial charge on any atom is -0.315 e. The second-order valence-corrected chi connectivity index (χ2v) is 4.86. The summed E-state index contributed by atoms with van der Waals surface area (Å²) < 4.78 is 0. The second kappa shape index (κ2) is 4.77. The van der Waals surface area contributed by atoms with Crippen LogP contribution in [0.3, 0.4) is 0 Å². The van der Waals surface area contributed by atoms with Crippen LogP contribution in [0.2, 0.25) is 0 Å². The number of nitrogens with zero attached hydrogens (tertiary/aromatic N) is 1. The highest BCUT2D eigenvalue weighted by Gasteiger charge is 2.49. The number of nitriles is 1. The third-order valence-electron chi connectivity index (χ3n) is 3.45. The monoisotopic (exact) mass is 269 g/mol. The third kappa shape index (κ3) is 1.88. The molecule has 94 valence electrons. The minimum atomic E-state index is -0.947. The molecule has 0 radical (unpaired) electrons. The Hall–Kier alpha value is -2.28. The molecular weight excluding hydrogens is 258 g/mol. The maximum Gasteiger partial charge on any atom is 0.243 e. The van der Waals surface area contributed by atoms with Crippen LogP contribution in [0.15, 0.2) is 35.9 Å². The Morgan fingerprint density at radius 1 is 1.42 bits per heavy atom. The Bertz CT molecular complexity index is 640. The zero-order valence-corrected chi connectivity index (χ0v) is 11.0. The summed E-state index contributed by atoms with van der Waals surface area (Å²) >= 11 is 5.09. The molecule has 0 spiro atoms. The van der Waals surface area contributed by atoms with Gasteiger partial charge in [-0.25, -0.2) is 0 Å². The highest BCUT2D eigenvalue weighted by molar-refractivity contribution is 7.80. The first-order valence-electron chi connectivity index (χ1n) is 5.66. The first-order chi connectivity index (χ1) is 9.05. The van der Waals surface area contributed by atoms with Gasteiger partial charge in [0, 0.05) is 0 Å². The van der Waals surface area contributed by atoms with Crippen molar-refractivity contribution in [3.05, 3.63) is 41.5 Å². The molecule has 1 aromatic carbocycles. The zero-order valence-electron chi connectivity index (χ0n) is 10.2. The van der Waals surface area contributed by atoms with Crippen LogP contribution in [-0.2, 0) is 10.2 Å². The van der Waals surface area contributed by atoms with Gasteiger partial charge in [-0.2, -0.15) is 5.26 Å². The van der Waals surface area contributed by atoms with Crippen LogP contribution in [0.25, 0.3) is 0 Å². The quantitative estimate of drug-likeness (QED) is 0.463. The Balaban J connectivity index is 2.72. The molecule has 1 saturated heterocycles. The molecule has 2 rings (SSSR count). The molecule has 0 bridgehead atoms. The largest absolute Gasteiger partial charge is 0.315 e. The van der Waals surface area contributed by atoms with E-state index in [-0.39, 0.29) is 4.99 Å². The van der Waals surface area contributed by atoms with Gasteiger partial charge in [-0.05, 0) is 18.4 Å². The molecule has 1 amide bonds. The van der Waals surface area contributed by atoms with Gasteiger partial charge in [0.05, 0.1) is 17.1 Å². The normalized spacial score (nSPS) is 26.3. The Morgan fingerprint density at radius 3 is 2.58 bits per heavy atom. The summed E-state index contributed by atoms with van der Waals surface area (Å²) in [5.41, 5.74) is 0.185. The van der Waals surface area contributed by atoms with E-state index < -0.39 is 17.2 Å². The lowest BCUT2D eigenvalue weighted by Gasteiger charge is -2.38. The molecule has 5 heteroatoms. The van der Waals surface area contributed by atoms with E-state index in [9.17, 15) is 10.1 Å². The molecule has 0 unspecified atom stereocenters. The molecule has 1 aromatic rings. The second-order valence-electron chi connectivity index (χ2n) is 4.45. The number of carbonyl (C=O) groups is 1. The zero-order chi connectivity index (χ0) is 14.0. The van der Waals surface area contributed by atoms with Crippen LogP contribution in [-0.4, -0.2) is 16.8 Å². The van der Waals surface area contributed by atoms with Crippen molar-refractivity contribution in [2.45, 2.75) is 12.3 Å². The Morgan fingerprint density at radius 2 is 2.05 bits per heavy atom. The Kier molecular flexibility index (Phi) is 3.30. The van der Waals surface area contributed by atoms with Gasteiger partial charge in [0.2, 0.25) is 5.91 Å². The summed E-state index contributed by atoms with van der Waals surface area (Å²) in [5.74, 6) is 0.919. The average molecular weight is 269 g/mol. The van der Waals surface area contributed by atoms with E-state index in [2.05, 4.69) is 11.2 Å². The molecule has 2 N–H and O–H groups in total. The van der Waals surface area contributed by atoms with Gasteiger partial charge in [-0.1, -0.05) is 42.5 Å². The minimum absolute atomic E-state index is 0.165. The van der Waals surface area contributed by atoms with E-state index in [1.54, 1.807) is 6.92 Å². The summed E-state index contributed by atoms with van der Waals surface area (Å²) in [6, 6.07) is 11.2. The van der Waals surface area contributed by atoms with Crippen LogP contribution in [0.5, 0.6) is 0 Å². The molecule has 1 fully saturated rings. The summed E-state index contributed by atoms with van der Waals surface area (Å²) in [5, 5.41) is 19.2. The first kappa shape index (κ1) is 13.2. The predicted molar refractivity (Wildman–Crippen MR) is 74.9 cm³/mol. The fourth-order valence-electron chi connectivity index (χ4n) is 2.36. The van der Waals surface area contributed by atoms with E-state index in [4.69, 9.17) is 17.6 Å².